The van der Waals surface area contributed by atoms with Gasteiger partial charge in [0.2, 0.25) is 10.0 Å². The van der Waals surface area contributed by atoms with Gasteiger partial charge in [0.05, 0.1) is 16.5 Å². The van der Waals surface area contributed by atoms with Crippen LogP contribution in [0.3, 0.4) is 0 Å². The van der Waals surface area contributed by atoms with Gasteiger partial charge in [-0.2, -0.15) is 5.26 Å². The van der Waals surface area contributed by atoms with Crippen molar-refractivity contribution in [3.8, 4) is 6.07 Å². The van der Waals surface area contributed by atoms with Gasteiger partial charge in [-0.1, -0.05) is 12.1 Å². The van der Waals surface area contributed by atoms with Crippen LogP contribution in [0.5, 0.6) is 0 Å². The van der Waals surface area contributed by atoms with E-state index in [1.54, 1.807) is 30.4 Å². The molecule has 0 unspecified atom stereocenters. The van der Waals surface area contributed by atoms with E-state index < -0.39 is 10.0 Å². The summed E-state index contributed by atoms with van der Waals surface area (Å²) in [4.78, 5) is 1.30. The van der Waals surface area contributed by atoms with Crippen molar-refractivity contribution in [3.05, 3.63) is 51.7 Å². The fourth-order valence-electron chi connectivity index (χ4n) is 1.80. The normalized spacial score (nSPS) is 11.2. The second-order valence-corrected chi connectivity index (χ2v) is 7.09. The average molecular weight is 306 g/mol. The Morgan fingerprint density at radius 2 is 2.15 bits per heavy atom. The van der Waals surface area contributed by atoms with Crippen LogP contribution in [0.4, 0.5) is 0 Å². The van der Waals surface area contributed by atoms with Crippen LogP contribution in [0.15, 0.2) is 40.6 Å². The van der Waals surface area contributed by atoms with Crippen molar-refractivity contribution in [3.63, 3.8) is 0 Å². The summed E-state index contributed by atoms with van der Waals surface area (Å²) in [6.45, 7) is 2.06. The molecule has 4 nitrogen and oxygen atoms in total. The summed E-state index contributed by atoms with van der Waals surface area (Å²) >= 11 is 1.60. The lowest BCUT2D eigenvalue weighted by atomic mass is 10.2. The van der Waals surface area contributed by atoms with Crippen LogP contribution in [0, 0.1) is 18.3 Å². The smallest absolute Gasteiger partial charge is 0.211 e. The Morgan fingerprint density at radius 3 is 2.80 bits per heavy atom. The zero-order chi connectivity index (χ0) is 14.6. The Morgan fingerprint density at radius 1 is 1.35 bits per heavy atom. The van der Waals surface area contributed by atoms with E-state index in [2.05, 4.69) is 4.72 Å². The fourth-order valence-corrected chi connectivity index (χ4v) is 3.81. The Kier molecular flexibility index (Phi) is 4.55. The summed E-state index contributed by atoms with van der Waals surface area (Å²) in [6, 6.07) is 10.5. The predicted octanol–water partition coefficient (Wildman–Crippen LogP) is 2.45. The number of nitriles is 1. The van der Waals surface area contributed by atoms with E-state index in [4.69, 9.17) is 5.26 Å². The van der Waals surface area contributed by atoms with Crippen LogP contribution in [0.2, 0.25) is 0 Å². The maximum Gasteiger partial charge on any atom is 0.240 e. The Hall–Kier alpha value is -1.68. The summed E-state index contributed by atoms with van der Waals surface area (Å²) in [5.41, 5.74) is 0.974. The van der Waals surface area contributed by atoms with Gasteiger partial charge in [-0.05, 0) is 42.5 Å². The Balaban J connectivity index is 2.12. The molecule has 0 aliphatic rings. The molecule has 1 heterocycles. The van der Waals surface area contributed by atoms with Crippen molar-refractivity contribution in [2.24, 2.45) is 0 Å². The third-order valence-corrected chi connectivity index (χ3v) is 5.39. The van der Waals surface area contributed by atoms with Crippen molar-refractivity contribution in [2.75, 3.05) is 6.54 Å². The third-order valence-electron chi connectivity index (χ3n) is 2.85. The van der Waals surface area contributed by atoms with Gasteiger partial charge in [-0.3, -0.25) is 0 Å². The highest BCUT2D eigenvalue weighted by atomic mass is 32.2. The van der Waals surface area contributed by atoms with Crippen LogP contribution >= 0.6 is 11.3 Å². The predicted molar refractivity (Wildman–Crippen MR) is 79.1 cm³/mol. The summed E-state index contributed by atoms with van der Waals surface area (Å²) in [5.74, 6) is 0. The lowest BCUT2D eigenvalue weighted by Crippen LogP contribution is -2.26. The number of aryl methyl sites for hydroxylation is 1. The Bertz CT molecular complexity index is 729. The van der Waals surface area contributed by atoms with Crippen LogP contribution in [0.25, 0.3) is 0 Å². The zero-order valence-electron chi connectivity index (χ0n) is 11.0. The molecule has 0 fully saturated rings. The quantitative estimate of drug-likeness (QED) is 0.922. The van der Waals surface area contributed by atoms with E-state index in [1.807, 2.05) is 23.6 Å². The molecule has 0 aliphatic carbocycles. The van der Waals surface area contributed by atoms with Gasteiger partial charge in [0.15, 0.2) is 0 Å². The lowest BCUT2D eigenvalue weighted by molar-refractivity contribution is 0.581. The van der Waals surface area contributed by atoms with Crippen molar-refractivity contribution in [1.29, 1.82) is 5.26 Å². The number of thiophene rings is 1. The van der Waals surface area contributed by atoms with E-state index in [0.717, 1.165) is 4.88 Å². The van der Waals surface area contributed by atoms with Gasteiger partial charge < -0.3 is 0 Å². The molecule has 0 amide bonds. The monoisotopic (exact) mass is 306 g/mol. The number of benzene rings is 1. The molecule has 6 heteroatoms. The molecule has 1 aromatic heterocycles. The van der Waals surface area contributed by atoms with E-state index in [1.165, 1.54) is 6.07 Å². The summed E-state index contributed by atoms with van der Waals surface area (Å²) in [6.07, 6.45) is 0.661. The lowest BCUT2D eigenvalue weighted by Gasteiger charge is -2.09. The van der Waals surface area contributed by atoms with Gasteiger partial charge in [-0.25, -0.2) is 13.1 Å². The standard InChI is InChI=1S/C14H14N2O2S2/c1-11-4-5-12(10-15)9-14(11)20(17,18)16-7-6-13-3-2-8-19-13/h2-5,8-9,16H,6-7H2,1H3. The van der Waals surface area contributed by atoms with Crippen LogP contribution in [-0.2, 0) is 16.4 Å². The summed E-state index contributed by atoms with van der Waals surface area (Å²) in [7, 11) is -3.57. The molecule has 104 valence electrons. The molecular weight excluding hydrogens is 292 g/mol. The van der Waals surface area contributed by atoms with Gasteiger partial charge in [0.1, 0.15) is 0 Å². The van der Waals surface area contributed by atoms with E-state index in [0.29, 0.717) is 24.1 Å². The van der Waals surface area contributed by atoms with E-state index >= 15 is 0 Å². The third kappa shape index (κ3) is 3.45. The molecular formula is C14H14N2O2S2. The molecule has 0 saturated heterocycles. The summed E-state index contributed by atoms with van der Waals surface area (Å²) < 4.78 is 27.0. The molecule has 0 spiro atoms. The van der Waals surface area contributed by atoms with Gasteiger partial charge in [0.25, 0.3) is 0 Å². The first-order chi connectivity index (χ1) is 9.53. The zero-order valence-corrected chi connectivity index (χ0v) is 12.6. The summed E-state index contributed by atoms with van der Waals surface area (Å²) in [5, 5.41) is 10.8. The Labute approximate surface area is 122 Å². The van der Waals surface area contributed by atoms with E-state index in [9.17, 15) is 8.42 Å². The molecule has 0 atom stereocenters. The molecule has 2 rings (SSSR count). The van der Waals surface area contributed by atoms with Crippen LogP contribution < -0.4 is 4.72 Å². The number of rotatable bonds is 5. The van der Waals surface area contributed by atoms with Crippen molar-refractivity contribution in [2.45, 2.75) is 18.2 Å². The highest BCUT2D eigenvalue weighted by Gasteiger charge is 2.16. The highest BCUT2D eigenvalue weighted by molar-refractivity contribution is 7.89. The SMILES string of the molecule is Cc1ccc(C#N)cc1S(=O)(=O)NCCc1cccs1. The number of hydrogen-bond acceptors (Lipinski definition) is 4. The average Bonchev–Trinajstić information content (AvgIpc) is 2.92. The largest absolute Gasteiger partial charge is 0.240 e. The second-order valence-electron chi connectivity index (χ2n) is 4.32. The minimum atomic E-state index is -3.57. The highest BCUT2D eigenvalue weighted by Crippen LogP contribution is 2.17. The molecule has 2 aromatic rings. The molecule has 1 N–H and O–H groups in total. The first-order valence-corrected chi connectivity index (χ1v) is 8.42. The van der Waals surface area contributed by atoms with Gasteiger partial charge in [0, 0.05) is 11.4 Å². The van der Waals surface area contributed by atoms with Crippen LogP contribution in [-0.4, -0.2) is 15.0 Å². The number of sulfonamides is 1. The van der Waals surface area contributed by atoms with Gasteiger partial charge in [-0.15, -0.1) is 11.3 Å². The van der Waals surface area contributed by atoms with Crippen molar-refractivity contribution < 1.29 is 8.42 Å². The second kappa shape index (κ2) is 6.18. The molecule has 0 aliphatic heterocycles. The number of hydrogen-bond donors (Lipinski definition) is 1. The molecule has 0 saturated carbocycles. The van der Waals surface area contributed by atoms with Crippen molar-refractivity contribution in [1.82, 2.24) is 4.72 Å². The van der Waals surface area contributed by atoms with Gasteiger partial charge >= 0.3 is 0 Å². The fraction of sp³-hybridized carbons (Fsp3) is 0.214. The molecule has 0 radical (unpaired) electrons. The molecule has 20 heavy (non-hydrogen) atoms. The number of nitrogens with one attached hydrogen (secondary N) is 1. The first-order valence-electron chi connectivity index (χ1n) is 6.06. The number of nitrogens with zero attached hydrogens (tertiary/aromatic N) is 1. The maximum absolute atomic E-state index is 12.2. The maximum atomic E-state index is 12.2. The molecule has 1 aromatic carbocycles. The van der Waals surface area contributed by atoms with E-state index in [-0.39, 0.29) is 4.90 Å². The molecule has 0 bridgehead atoms. The van der Waals surface area contributed by atoms with Crippen molar-refractivity contribution >= 4 is 21.4 Å². The minimum absolute atomic E-state index is 0.169. The minimum Gasteiger partial charge on any atom is -0.211 e. The van der Waals surface area contributed by atoms with Crippen LogP contribution in [0.1, 0.15) is 16.0 Å². The topological polar surface area (TPSA) is 70.0 Å². The first kappa shape index (κ1) is 14.7.